The van der Waals surface area contributed by atoms with Crippen LogP contribution >= 0.6 is 11.6 Å². The van der Waals surface area contributed by atoms with Crippen molar-refractivity contribution in [2.45, 2.75) is 6.54 Å². The molecule has 9 nitrogen and oxygen atoms in total. The number of nitro benzene ring substituents is 1. The number of nitro groups is 1. The Labute approximate surface area is 110 Å². The van der Waals surface area contributed by atoms with Crippen LogP contribution in [0.15, 0.2) is 18.2 Å². The summed E-state index contributed by atoms with van der Waals surface area (Å²) in [6, 6.07) is 4.07. The van der Waals surface area contributed by atoms with Gasteiger partial charge in [0.05, 0.1) is 17.0 Å². The molecule has 98 valence electrons. The summed E-state index contributed by atoms with van der Waals surface area (Å²) in [7, 11) is 0. The van der Waals surface area contributed by atoms with Gasteiger partial charge in [-0.15, -0.1) is 5.10 Å². The van der Waals surface area contributed by atoms with Crippen molar-refractivity contribution < 1.29 is 14.8 Å². The minimum atomic E-state index is -1.32. The van der Waals surface area contributed by atoms with Gasteiger partial charge in [-0.3, -0.25) is 10.1 Å². The van der Waals surface area contributed by atoms with Gasteiger partial charge in [0.1, 0.15) is 0 Å². The molecule has 19 heavy (non-hydrogen) atoms. The number of carboxylic acids is 1. The van der Waals surface area contributed by atoms with Gasteiger partial charge < -0.3 is 5.11 Å². The third-order valence-corrected chi connectivity index (χ3v) is 2.52. The maximum atomic E-state index is 10.9. The minimum Gasteiger partial charge on any atom is -0.475 e. The lowest BCUT2D eigenvalue weighted by molar-refractivity contribution is -0.385. The molecule has 1 heterocycles. The molecule has 2 aromatic rings. The number of carbonyl (C=O) groups is 1. The van der Waals surface area contributed by atoms with E-state index >= 15 is 0 Å². The van der Waals surface area contributed by atoms with E-state index in [2.05, 4.69) is 15.5 Å². The second kappa shape index (κ2) is 4.98. The molecule has 0 radical (unpaired) electrons. The molecule has 0 aliphatic rings. The Morgan fingerprint density at radius 2 is 2.26 bits per heavy atom. The van der Waals surface area contributed by atoms with E-state index in [4.69, 9.17) is 16.7 Å². The van der Waals surface area contributed by atoms with Crippen molar-refractivity contribution in [2.24, 2.45) is 0 Å². The van der Waals surface area contributed by atoms with Crippen molar-refractivity contribution in [2.75, 3.05) is 0 Å². The number of hydrogen-bond donors (Lipinski definition) is 1. The average Bonchev–Trinajstić information content (AvgIpc) is 2.79. The second-order valence-electron chi connectivity index (χ2n) is 3.50. The topological polar surface area (TPSA) is 124 Å². The third kappa shape index (κ3) is 2.65. The molecule has 0 saturated carbocycles. The van der Waals surface area contributed by atoms with Crippen LogP contribution in [0.25, 0.3) is 0 Å². The molecular weight excluding hydrogens is 278 g/mol. The van der Waals surface area contributed by atoms with Gasteiger partial charge in [-0.1, -0.05) is 11.6 Å². The van der Waals surface area contributed by atoms with Gasteiger partial charge >= 0.3 is 5.97 Å². The van der Waals surface area contributed by atoms with Gasteiger partial charge in [0.2, 0.25) is 0 Å². The molecule has 0 spiro atoms. The van der Waals surface area contributed by atoms with Crippen molar-refractivity contribution >= 4 is 23.3 Å². The highest BCUT2D eigenvalue weighted by Crippen LogP contribution is 2.23. The zero-order valence-electron chi connectivity index (χ0n) is 9.23. The normalized spacial score (nSPS) is 10.4. The monoisotopic (exact) mass is 283 g/mol. The van der Waals surface area contributed by atoms with E-state index < -0.39 is 16.7 Å². The first kappa shape index (κ1) is 12.9. The lowest BCUT2D eigenvalue weighted by Gasteiger charge is -2.04. The summed E-state index contributed by atoms with van der Waals surface area (Å²) in [6.07, 6.45) is 0. The number of rotatable bonds is 4. The third-order valence-electron chi connectivity index (χ3n) is 2.29. The summed E-state index contributed by atoms with van der Waals surface area (Å²) >= 11 is 5.68. The molecule has 0 fully saturated rings. The number of aromatic carboxylic acids is 1. The van der Waals surface area contributed by atoms with E-state index in [9.17, 15) is 14.9 Å². The highest BCUT2D eigenvalue weighted by atomic mass is 35.5. The summed E-state index contributed by atoms with van der Waals surface area (Å²) in [5, 5.41) is 29.9. The van der Waals surface area contributed by atoms with Crippen LogP contribution in [0.5, 0.6) is 0 Å². The van der Waals surface area contributed by atoms with E-state index in [1.165, 1.54) is 18.2 Å². The number of benzene rings is 1. The fourth-order valence-electron chi connectivity index (χ4n) is 1.47. The fraction of sp³-hybridized carbons (Fsp3) is 0.111. The van der Waals surface area contributed by atoms with E-state index in [1.54, 1.807) is 0 Å². The molecule has 1 aromatic heterocycles. The van der Waals surface area contributed by atoms with E-state index in [0.717, 1.165) is 4.68 Å². The number of carboxylic acid groups (broad SMARTS) is 1. The van der Waals surface area contributed by atoms with Crippen LogP contribution in [0.4, 0.5) is 5.69 Å². The predicted molar refractivity (Wildman–Crippen MR) is 62.0 cm³/mol. The highest BCUT2D eigenvalue weighted by Gasteiger charge is 2.19. The quantitative estimate of drug-likeness (QED) is 0.655. The summed E-state index contributed by atoms with van der Waals surface area (Å²) in [5.41, 5.74) is 0.0311. The van der Waals surface area contributed by atoms with Gasteiger partial charge in [0.25, 0.3) is 11.5 Å². The molecule has 0 amide bonds. The molecule has 0 bridgehead atoms. The number of aromatic nitrogens is 4. The first-order valence-electron chi connectivity index (χ1n) is 4.91. The van der Waals surface area contributed by atoms with Crippen molar-refractivity contribution in [1.29, 1.82) is 0 Å². The number of hydrogen-bond acceptors (Lipinski definition) is 6. The molecule has 0 aliphatic carbocycles. The molecule has 1 N–H and O–H groups in total. The largest absolute Gasteiger partial charge is 0.475 e. The van der Waals surface area contributed by atoms with Crippen molar-refractivity contribution in [3.8, 4) is 0 Å². The summed E-state index contributed by atoms with van der Waals surface area (Å²) in [5.74, 6) is -1.72. The van der Waals surface area contributed by atoms with Gasteiger partial charge in [-0.2, -0.15) is 0 Å². The lowest BCUT2D eigenvalue weighted by atomic mass is 10.2. The van der Waals surface area contributed by atoms with Crippen LogP contribution in [0.3, 0.4) is 0 Å². The number of tetrazole rings is 1. The molecule has 0 atom stereocenters. The first-order valence-corrected chi connectivity index (χ1v) is 5.29. The van der Waals surface area contributed by atoms with Crippen LogP contribution in [0, 0.1) is 10.1 Å². The molecule has 2 rings (SSSR count). The van der Waals surface area contributed by atoms with Gasteiger partial charge in [0.15, 0.2) is 0 Å². The fourth-order valence-corrected chi connectivity index (χ4v) is 1.63. The Bertz CT molecular complexity index is 656. The standard InChI is InChI=1S/C9H6ClN5O4/c10-6-2-1-5(7(3-6)15(18)19)4-14-8(9(16)17)11-12-13-14/h1-3H,4H2,(H,16,17). The smallest absolute Gasteiger partial charge is 0.375 e. The zero-order chi connectivity index (χ0) is 14.0. The first-order chi connectivity index (χ1) is 8.99. The Kier molecular flexibility index (Phi) is 3.38. The molecular formula is C9H6ClN5O4. The Morgan fingerprint density at radius 3 is 2.89 bits per heavy atom. The maximum absolute atomic E-state index is 10.9. The molecule has 1 aromatic carbocycles. The Morgan fingerprint density at radius 1 is 1.53 bits per heavy atom. The van der Waals surface area contributed by atoms with Crippen LogP contribution in [-0.2, 0) is 6.54 Å². The number of halogens is 1. The SMILES string of the molecule is O=C(O)c1nnnn1Cc1ccc(Cl)cc1[N+](=O)[O-]. The van der Waals surface area contributed by atoms with Crippen molar-refractivity contribution in [1.82, 2.24) is 20.2 Å². The van der Waals surface area contributed by atoms with Crippen LogP contribution in [0.2, 0.25) is 5.02 Å². The zero-order valence-corrected chi connectivity index (χ0v) is 9.98. The van der Waals surface area contributed by atoms with Crippen molar-refractivity contribution in [3.05, 3.63) is 44.7 Å². The molecule has 10 heteroatoms. The van der Waals surface area contributed by atoms with Crippen LogP contribution in [-0.4, -0.2) is 36.2 Å². The maximum Gasteiger partial charge on any atom is 0.375 e. The second-order valence-corrected chi connectivity index (χ2v) is 3.93. The van der Waals surface area contributed by atoms with Crippen molar-refractivity contribution in [3.63, 3.8) is 0 Å². The minimum absolute atomic E-state index is 0.137. The summed E-state index contributed by atoms with van der Waals surface area (Å²) < 4.78 is 0.957. The van der Waals surface area contributed by atoms with Crippen LogP contribution in [0.1, 0.15) is 16.2 Å². The van der Waals surface area contributed by atoms with E-state index in [1.807, 2.05) is 0 Å². The highest BCUT2D eigenvalue weighted by molar-refractivity contribution is 6.30. The molecule has 0 saturated heterocycles. The summed E-state index contributed by atoms with van der Waals surface area (Å²) in [6.45, 7) is -0.137. The van der Waals surface area contributed by atoms with Gasteiger partial charge in [-0.25, -0.2) is 9.48 Å². The number of nitrogens with zero attached hydrogens (tertiary/aromatic N) is 5. The molecule has 0 aliphatic heterocycles. The van der Waals surface area contributed by atoms with Crippen LogP contribution < -0.4 is 0 Å². The predicted octanol–water partition coefficient (Wildman–Crippen LogP) is 0.981. The molecule has 0 unspecified atom stereocenters. The average molecular weight is 284 g/mol. The Hall–Kier alpha value is -2.55. The van der Waals surface area contributed by atoms with Gasteiger partial charge in [0, 0.05) is 11.1 Å². The van der Waals surface area contributed by atoms with Gasteiger partial charge in [-0.05, 0) is 22.6 Å². The van der Waals surface area contributed by atoms with E-state index in [0.29, 0.717) is 0 Å². The Balaban J connectivity index is 2.41. The lowest BCUT2D eigenvalue weighted by Crippen LogP contribution is -2.13. The summed E-state index contributed by atoms with van der Waals surface area (Å²) in [4.78, 5) is 21.1. The van der Waals surface area contributed by atoms with E-state index in [-0.39, 0.29) is 22.8 Å².